The molecule has 0 saturated carbocycles. The van der Waals surface area contributed by atoms with Crippen LogP contribution in [0.3, 0.4) is 0 Å². The topological polar surface area (TPSA) is 81.1 Å². The SMILES string of the molecule is C[C@H]1[C@@H]2C[C@H](c3c(O)ccc(Cl)c3Cl)CCN2C(=O)CN1C(=O)CO. The minimum atomic E-state index is -0.616. The van der Waals surface area contributed by atoms with Gasteiger partial charge < -0.3 is 20.0 Å². The first-order valence-corrected chi connectivity index (χ1v) is 8.97. The van der Waals surface area contributed by atoms with Crippen LogP contribution in [0.2, 0.25) is 10.0 Å². The molecule has 0 unspecified atom stereocenters. The molecule has 0 aliphatic carbocycles. The van der Waals surface area contributed by atoms with Crippen LogP contribution in [-0.2, 0) is 9.59 Å². The van der Waals surface area contributed by atoms with E-state index in [2.05, 4.69) is 0 Å². The summed E-state index contributed by atoms with van der Waals surface area (Å²) in [7, 11) is 0. The van der Waals surface area contributed by atoms with Crippen molar-refractivity contribution in [3.63, 3.8) is 0 Å². The van der Waals surface area contributed by atoms with Gasteiger partial charge in [0.25, 0.3) is 0 Å². The Morgan fingerprint density at radius 2 is 2.08 bits per heavy atom. The van der Waals surface area contributed by atoms with E-state index in [4.69, 9.17) is 28.3 Å². The quantitative estimate of drug-likeness (QED) is 0.814. The molecule has 1 aromatic carbocycles. The molecule has 2 aliphatic rings. The molecule has 3 atom stereocenters. The molecular formula is C17H20Cl2N2O4. The number of carbonyl (C=O) groups is 2. The molecule has 6 nitrogen and oxygen atoms in total. The smallest absolute Gasteiger partial charge is 0.249 e. The second-order valence-corrected chi connectivity index (χ2v) is 7.38. The highest BCUT2D eigenvalue weighted by Gasteiger charge is 2.44. The lowest BCUT2D eigenvalue weighted by Gasteiger charge is -2.50. The Hall–Kier alpha value is -1.50. The Morgan fingerprint density at radius 1 is 1.36 bits per heavy atom. The van der Waals surface area contributed by atoms with Crippen LogP contribution >= 0.6 is 23.2 Å². The van der Waals surface area contributed by atoms with Gasteiger partial charge in [-0.1, -0.05) is 23.2 Å². The lowest BCUT2D eigenvalue weighted by atomic mass is 9.81. The lowest BCUT2D eigenvalue weighted by molar-refractivity contribution is -0.156. The number of amides is 2. The van der Waals surface area contributed by atoms with Crippen molar-refractivity contribution in [2.24, 2.45) is 0 Å². The molecule has 3 rings (SSSR count). The molecule has 2 saturated heterocycles. The molecule has 2 aliphatic heterocycles. The number of aliphatic hydroxyl groups excluding tert-OH is 1. The summed E-state index contributed by atoms with van der Waals surface area (Å²) >= 11 is 12.4. The second kappa shape index (κ2) is 7.02. The van der Waals surface area contributed by atoms with Crippen LogP contribution in [0.4, 0.5) is 0 Å². The van der Waals surface area contributed by atoms with E-state index in [0.29, 0.717) is 35.0 Å². The van der Waals surface area contributed by atoms with Crippen molar-refractivity contribution in [1.82, 2.24) is 9.80 Å². The molecule has 1 aromatic rings. The van der Waals surface area contributed by atoms with Crippen molar-refractivity contribution >= 4 is 35.0 Å². The summed E-state index contributed by atoms with van der Waals surface area (Å²) in [6.45, 7) is 1.78. The van der Waals surface area contributed by atoms with Gasteiger partial charge in [-0.15, -0.1) is 0 Å². The first-order chi connectivity index (χ1) is 11.8. The van der Waals surface area contributed by atoms with Crippen LogP contribution in [0.15, 0.2) is 12.1 Å². The number of aromatic hydroxyl groups is 1. The van der Waals surface area contributed by atoms with Crippen molar-refractivity contribution < 1.29 is 19.8 Å². The number of carbonyl (C=O) groups excluding carboxylic acids is 2. The lowest BCUT2D eigenvalue weighted by Crippen LogP contribution is -2.64. The largest absolute Gasteiger partial charge is 0.508 e. The number of phenols is 1. The maximum atomic E-state index is 12.4. The number of aliphatic hydroxyl groups is 1. The molecule has 136 valence electrons. The van der Waals surface area contributed by atoms with Gasteiger partial charge in [0.2, 0.25) is 11.8 Å². The Bertz CT molecular complexity index is 712. The van der Waals surface area contributed by atoms with Crippen LogP contribution < -0.4 is 0 Å². The number of hydrogen-bond acceptors (Lipinski definition) is 4. The summed E-state index contributed by atoms with van der Waals surface area (Å²) in [5.41, 5.74) is 0.596. The summed E-state index contributed by atoms with van der Waals surface area (Å²) in [5, 5.41) is 20.1. The molecule has 8 heteroatoms. The number of phenolic OH excluding ortho intramolecular Hbond substituents is 1. The summed E-state index contributed by atoms with van der Waals surface area (Å²) < 4.78 is 0. The number of benzene rings is 1. The first-order valence-electron chi connectivity index (χ1n) is 8.21. The monoisotopic (exact) mass is 386 g/mol. The van der Waals surface area contributed by atoms with Crippen LogP contribution in [0.1, 0.15) is 31.2 Å². The molecule has 2 amide bonds. The summed E-state index contributed by atoms with van der Waals surface area (Å²) in [6.07, 6.45) is 1.23. The fourth-order valence-electron chi connectivity index (χ4n) is 3.97. The fourth-order valence-corrected chi connectivity index (χ4v) is 4.44. The standard InChI is InChI=1S/C17H20Cl2N2O4/c1-9-12-6-10(16-13(23)3-2-11(18)17(16)19)4-5-20(12)14(24)7-21(9)15(25)8-22/h2-3,9-10,12,22-23H,4-8H2,1H3/t9-,10+,12-/m0/s1. The van der Waals surface area contributed by atoms with Gasteiger partial charge in [-0.25, -0.2) is 0 Å². The number of halogens is 2. The maximum absolute atomic E-state index is 12.4. The molecule has 0 bridgehead atoms. The van der Waals surface area contributed by atoms with Crippen molar-refractivity contribution in [3.05, 3.63) is 27.7 Å². The van der Waals surface area contributed by atoms with Crippen LogP contribution in [0.5, 0.6) is 5.75 Å². The average molecular weight is 387 g/mol. The molecule has 25 heavy (non-hydrogen) atoms. The van der Waals surface area contributed by atoms with E-state index < -0.39 is 12.5 Å². The summed E-state index contributed by atoms with van der Waals surface area (Å²) in [4.78, 5) is 27.5. The highest BCUT2D eigenvalue weighted by Crippen LogP contribution is 2.44. The molecular weight excluding hydrogens is 367 g/mol. The van der Waals surface area contributed by atoms with E-state index in [1.807, 2.05) is 6.92 Å². The third-order valence-electron chi connectivity index (χ3n) is 5.29. The molecule has 2 fully saturated rings. The van der Waals surface area contributed by atoms with E-state index in [-0.39, 0.29) is 36.2 Å². The Balaban J connectivity index is 1.89. The number of rotatable bonds is 2. The zero-order valence-corrected chi connectivity index (χ0v) is 15.3. The molecule has 0 spiro atoms. The van der Waals surface area contributed by atoms with Crippen LogP contribution in [-0.4, -0.2) is 63.6 Å². The van der Waals surface area contributed by atoms with Gasteiger partial charge in [-0.2, -0.15) is 0 Å². The van der Waals surface area contributed by atoms with Crippen LogP contribution in [0, 0.1) is 0 Å². The van der Waals surface area contributed by atoms with Gasteiger partial charge >= 0.3 is 0 Å². The highest BCUT2D eigenvalue weighted by molar-refractivity contribution is 6.42. The summed E-state index contributed by atoms with van der Waals surface area (Å²) in [5.74, 6) is -0.547. The van der Waals surface area contributed by atoms with Gasteiger partial charge in [0, 0.05) is 18.2 Å². The molecule has 2 N–H and O–H groups in total. The predicted molar refractivity (Wildman–Crippen MR) is 93.9 cm³/mol. The highest BCUT2D eigenvalue weighted by atomic mass is 35.5. The van der Waals surface area contributed by atoms with E-state index in [1.54, 1.807) is 11.0 Å². The van der Waals surface area contributed by atoms with E-state index in [0.717, 1.165) is 0 Å². The molecule has 0 aromatic heterocycles. The minimum absolute atomic E-state index is 0.00903. The zero-order chi connectivity index (χ0) is 18.3. The number of fused-ring (bicyclic) bond motifs is 1. The van der Waals surface area contributed by atoms with Crippen LogP contribution in [0.25, 0.3) is 0 Å². The minimum Gasteiger partial charge on any atom is -0.508 e. The predicted octanol–water partition coefficient (Wildman–Crippen LogP) is 2.00. The third kappa shape index (κ3) is 3.18. The number of hydrogen-bond donors (Lipinski definition) is 2. The molecule has 0 radical (unpaired) electrons. The maximum Gasteiger partial charge on any atom is 0.249 e. The van der Waals surface area contributed by atoms with E-state index in [9.17, 15) is 14.7 Å². The fraction of sp³-hybridized carbons (Fsp3) is 0.529. The van der Waals surface area contributed by atoms with Crippen molar-refractivity contribution in [2.45, 2.75) is 37.8 Å². The Labute approximate surface area is 155 Å². The van der Waals surface area contributed by atoms with Crippen molar-refractivity contribution in [1.29, 1.82) is 0 Å². The Kier molecular flexibility index (Phi) is 5.14. The molecule has 2 heterocycles. The van der Waals surface area contributed by atoms with Gasteiger partial charge in [-0.05, 0) is 37.8 Å². The van der Waals surface area contributed by atoms with E-state index >= 15 is 0 Å². The second-order valence-electron chi connectivity index (χ2n) is 6.59. The van der Waals surface area contributed by atoms with Gasteiger partial charge in [-0.3, -0.25) is 9.59 Å². The summed E-state index contributed by atoms with van der Waals surface area (Å²) in [6, 6.07) is 2.66. The van der Waals surface area contributed by atoms with Crippen molar-refractivity contribution in [2.75, 3.05) is 19.7 Å². The zero-order valence-electron chi connectivity index (χ0n) is 13.8. The van der Waals surface area contributed by atoms with Gasteiger partial charge in [0.05, 0.1) is 16.1 Å². The average Bonchev–Trinajstić information content (AvgIpc) is 2.61. The first kappa shape index (κ1) is 18.3. The number of piperazine rings is 1. The third-order valence-corrected chi connectivity index (χ3v) is 6.11. The van der Waals surface area contributed by atoms with E-state index in [1.165, 1.54) is 11.0 Å². The normalized spacial score (nSPS) is 26.6. The Morgan fingerprint density at radius 3 is 2.76 bits per heavy atom. The van der Waals surface area contributed by atoms with Gasteiger partial charge in [0.1, 0.15) is 18.9 Å². The van der Waals surface area contributed by atoms with Crippen molar-refractivity contribution in [3.8, 4) is 5.75 Å². The number of piperidine rings is 1. The number of nitrogens with zero attached hydrogens (tertiary/aromatic N) is 2. The van der Waals surface area contributed by atoms with Gasteiger partial charge in [0.15, 0.2) is 0 Å².